The number of amides is 1. The SMILES string of the molecule is C[C@@H]1c2nn(C)c(-c3cc(F)cc(F)c3)c2CCN1C(=O)c1cc(F)cc(-c2ccc(=O)[nH]c2)c1Cl. The molecule has 1 aliphatic heterocycles. The molecule has 0 radical (unpaired) electrons. The third-order valence-corrected chi connectivity index (χ3v) is 6.81. The zero-order valence-corrected chi connectivity index (χ0v) is 20.0. The first-order valence-corrected chi connectivity index (χ1v) is 11.5. The Labute approximate surface area is 208 Å². The fourth-order valence-electron chi connectivity index (χ4n) is 4.76. The Hall–Kier alpha value is -3.85. The maximum atomic E-state index is 14.6. The van der Waals surface area contributed by atoms with Crippen molar-refractivity contribution in [3.05, 3.63) is 98.3 Å². The number of benzene rings is 2. The van der Waals surface area contributed by atoms with Crippen LogP contribution in [-0.4, -0.2) is 32.1 Å². The predicted octanol–water partition coefficient (Wildman–Crippen LogP) is 5.27. The van der Waals surface area contributed by atoms with Crippen molar-refractivity contribution in [3.63, 3.8) is 0 Å². The first-order valence-electron chi connectivity index (χ1n) is 11.2. The molecule has 2 aromatic carbocycles. The van der Waals surface area contributed by atoms with E-state index in [1.807, 2.05) is 0 Å². The van der Waals surface area contributed by atoms with Crippen LogP contribution in [0.3, 0.4) is 0 Å². The van der Waals surface area contributed by atoms with E-state index in [-0.39, 0.29) is 28.3 Å². The van der Waals surface area contributed by atoms with Gasteiger partial charge in [-0.15, -0.1) is 0 Å². The second-order valence-electron chi connectivity index (χ2n) is 8.68. The van der Waals surface area contributed by atoms with Gasteiger partial charge in [-0.2, -0.15) is 5.10 Å². The van der Waals surface area contributed by atoms with Crippen molar-refractivity contribution < 1.29 is 18.0 Å². The second kappa shape index (κ2) is 8.98. The van der Waals surface area contributed by atoms with Crippen LogP contribution in [0.15, 0.2) is 53.5 Å². The van der Waals surface area contributed by atoms with E-state index in [4.69, 9.17) is 11.6 Å². The number of H-pyrrole nitrogens is 1. The van der Waals surface area contributed by atoms with Crippen LogP contribution in [0.1, 0.15) is 34.6 Å². The fraction of sp³-hybridized carbons (Fsp3) is 0.192. The van der Waals surface area contributed by atoms with Gasteiger partial charge < -0.3 is 9.88 Å². The summed E-state index contributed by atoms with van der Waals surface area (Å²) in [6.45, 7) is 2.05. The van der Waals surface area contributed by atoms with Gasteiger partial charge in [0.2, 0.25) is 5.56 Å². The summed E-state index contributed by atoms with van der Waals surface area (Å²) in [6.07, 6.45) is 1.78. The summed E-state index contributed by atoms with van der Waals surface area (Å²) >= 11 is 6.56. The minimum Gasteiger partial charge on any atom is -0.330 e. The Kier molecular flexibility index (Phi) is 5.96. The molecule has 1 amide bonds. The zero-order valence-electron chi connectivity index (χ0n) is 19.3. The molecule has 0 saturated heterocycles. The first-order chi connectivity index (χ1) is 17.1. The molecule has 4 aromatic rings. The number of aryl methyl sites for hydroxylation is 1. The molecule has 2 aromatic heterocycles. The number of fused-ring (bicyclic) bond motifs is 1. The topological polar surface area (TPSA) is 71.0 Å². The number of hydrogen-bond donors (Lipinski definition) is 1. The number of carbonyl (C=O) groups excluding carboxylic acids is 1. The van der Waals surface area contributed by atoms with E-state index in [0.29, 0.717) is 28.9 Å². The largest absolute Gasteiger partial charge is 0.330 e. The van der Waals surface area contributed by atoms with Gasteiger partial charge in [0.1, 0.15) is 17.5 Å². The molecule has 0 aliphatic carbocycles. The molecular formula is C26H20ClF3N4O2. The number of aromatic amines is 1. The van der Waals surface area contributed by atoms with Crippen LogP contribution in [-0.2, 0) is 13.5 Å². The molecule has 3 heterocycles. The molecule has 6 nitrogen and oxygen atoms in total. The number of aromatic nitrogens is 3. The number of halogens is 4. The van der Waals surface area contributed by atoms with Crippen LogP contribution in [0.2, 0.25) is 5.02 Å². The minimum atomic E-state index is -0.695. The fourth-order valence-corrected chi connectivity index (χ4v) is 5.06. The molecule has 0 unspecified atom stereocenters. The van der Waals surface area contributed by atoms with Crippen molar-refractivity contribution in [2.45, 2.75) is 19.4 Å². The number of pyridine rings is 1. The molecule has 5 rings (SSSR count). The lowest BCUT2D eigenvalue weighted by atomic mass is 9.94. The van der Waals surface area contributed by atoms with Gasteiger partial charge in [0, 0.05) is 48.6 Å². The lowest BCUT2D eigenvalue weighted by Gasteiger charge is -2.33. The van der Waals surface area contributed by atoms with Gasteiger partial charge in [-0.05, 0) is 49.2 Å². The van der Waals surface area contributed by atoms with Crippen molar-refractivity contribution in [2.75, 3.05) is 6.54 Å². The molecule has 184 valence electrons. The highest BCUT2D eigenvalue weighted by Gasteiger charge is 2.34. The number of hydrogen-bond acceptors (Lipinski definition) is 3. The third-order valence-electron chi connectivity index (χ3n) is 6.40. The van der Waals surface area contributed by atoms with Crippen LogP contribution >= 0.6 is 11.6 Å². The Morgan fingerprint density at radius 2 is 1.75 bits per heavy atom. The van der Waals surface area contributed by atoms with Crippen molar-refractivity contribution in [1.29, 1.82) is 0 Å². The van der Waals surface area contributed by atoms with E-state index < -0.39 is 29.4 Å². The lowest BCUT2D eigenvalue weighted by Crippen LogP contribution is -2.39. The molecule has 1 aliphatic rings. The number of nitrogens with one attached hydrogen (secondary N) is 1. The average molecular weight is 513 g/mol. The monoisotopic (exact) mass is 512 g/mol. The molecular weight excluding hydrogens is 493 g/mol. The van der Waals surface area contributed by atoms with Gasteiger partial charge in [0.05, 0.1) is 28.0 Å². The van der Waals surface area contributed by atoms with E-state index in [1.54, 1.807) is 23.6 Å². The Balaban J connectivity index is 1.52. The van der Waals surface area contributed by atoms with Gasteiger partial charge in [0.25, 0.3) is 5.91 Å². The van der Waals surface area contributed by atoms with Gasteiger partial charge in [-0.3, -0.25) is 14.3 Å². The zero-order chi connectivity index (χ0) is 25.7. The number of rotatable bonds is 3. The highest BCUT2D eigenvalue weighted by molar-refractivity contribution is 6.36. The summed E-state index contributed by atoms with van der Waals surface area (Å²) in [4.78, 5) is 29.0. The second-order valence-corrected chi connectivity index (χ2v) is 9.05. The molecule has 0 fully saturated rings. The van der Waals surface area contributed by atoms with Crippen LogP contribution in [0.25, 0.3) is 22.4 Å². The minimum absolute atomic E-state index is 0.0171. The van der Waals surface area contributed by atoms with Crippen LogP contribution in [0, 0.1) is 17.5 Å². The van der Waals surface area contributed by atoms with Gasteiger partial charge in [0.15, 0.2) is 0 Å². The van der Waals surface area contributed by atoms with E-state index in [2.05, 4.69) is 10.1 Å². The molecule has 1 atom stereocenters. The highest BCUT2D eigenvalue weighted by Crippen LogP contribution is 2.38. The Morgan fingerprint density at radius 3 is 2.42 bits per heavy atom. The normalized spacial score (nSPS) is 15.2. The van der Waals surface area contributed by atoms with Crippen molar-refractivity contribution in [1.82, 2.24) is 19.7 Å². The summed E-state index contributed by atoms with van der Waals surface area (Å²) in [7, 11) is 1.68. The smallest absolute Gasteiger partial charge is 0.256 e. The Bertz CT molecular complexity index is 1540. The summed E-state index contributed by atoms with van der Waals surface area (Å²) < 4.78 is 43.9. The number of carbonyl (C=O) groups is 1. The molecule has 10 heteroatoms. The molecule has 0 spiro atoms. The van der Waals surface area contributed by atoms with Crippen molar-refractivity contribution >= 4 is 17.5 Å². The van der Waals surface area contributed by atoms with E-state index >= 15 is 0 Å². The number of nitrogens with zero attached hydrogens (tertiary/aromatic N) is 3. The van der Waals surface area contributed by atoms with E-state index in [0.717, 1.165) is 17.7 Å². The van der Waals surface area contributed by atoms with Gasteiger partial charge >= 0.3 is 0 Å². The summed E-state index contributed by atoms with van der Waals surface area (Å²) in [5, 5.41) is 4.60. The summed E-state index contributed by atoms with van der Waals surface area (Å²) in [6, 6.07) is 7.86. The van der Waals surface area contributed by atoms with Gasteiger partial charge in [-0.1, -0.05) is 11.6 Å². The molecule has 0 saturated carbocycles. The maximum Gasteiger partial charge on any atom is 0.256 e. The first kappa shape index (κ1) is 23.9. The summed E-state index contributed by atoms with van der Waals surface area (Å²) in [5.74, 6) is -2.52. The summed E-state index contributed by atoms with van der Waals surface area (Å²) in [5.41, 5.74) is 2.70. The average Bonchev–Trinajstić information content (AvgIpc) is 3.17. The lowest BCUT2D eigenvalue weighted by molar-refractivity contribution is 0.0673. The molecule has 0 bridgehead atoms. The highest BCUT2D eigenvalue weighted by atomic mass is 35.5. The Morgan fingerprint density at radius 1 is 1.06 bits per heavy atom. The van der Waals surface area contributed by atoms with Crippen molar-refractivity contribution in [2.24, 2.45) is 7.05 Å². The van der Waals surface area contributed by atoms with Crippen molar-refractivity contribution in [3.8, 4) is 22.4 Å². The van der Waals surface area contributed by atoms with Crippen LogP contribution < -0.4 is 5.56 Å². The maximum absolute atomic E-state index is 14.6. The van der Waals surface area contributed by atoms with Gasteiger partial charge in [-0.25, -0.2) is 13.2 Å². The standard InChI is InChI=1S/C26H20ClF3N4O2/c1-13-24-19(25(33(2)32-24)15-7-16(28)9-17(29)8-15)5-6-34(13)26(36)21-11-18(30)10-20(23(21)27)14-3-4-22(35)31-12-14/h3-4,7-13H,5-6H2,1-2H3,(H,31,35)/t13-/m1/s1. The predicted molar refractivity (Wildman–Crippen MR) is 129 cm³/mol. The third kappa shape index (κ3) is 4.09. The van der Waals surface area contributed by atoms with E-state index in [9.17, 15) is 22.8 Å². The molecule has 36 heavy (non-hydrogen) atoms. The molecule has 1 N–H and O–H groups in total. The quantitative estimate of drug-likeness (QED) is 0.406. The van der Waals surface area contributed by atoms with Crippen LogP contribution in [0.5, 0.6) is 0 Å². The van der Waals surface area contributed by atoms with Crippen LogP contribution in [0.4, 0.5) is 13.2 Å². The van der Waals surface area contributed by atoms with E-state index in [1.165, 1.54) is 36.5 Å².